The van der Waals surface area contributed by atoms with Gasteiger partial charge in [0, 0.05) is 50.5 Å². The van der Waals surface area contributed by atoms with Gasteiger partial charge >= 0.3 is 0 Å². The molecule has 2 amide bonds. The Morgan fingerprint density at radius 2 is 1.67 bits per heavy atom. The first-order chi connectivity index (χ1) is 14.5. The molecule has 2 saturated heterocycles. The van der Waals surface area contributed by atoms with Gasteiger partial charge in [-0.1, -0.05) is 17.7 Å². The molecule has 154 valence electrons. The summed E-state index contributed by atoms with van der Waals surface area (Å²) in [5.74, 6) is -0.175. The molecule has 0 aromatic heterocycles. The molecule has 1 unspecified atom stereocenters. The Morgan fingerprint density at radius 1 is 0.967 bits per heavy atom. The molecule has 2 aliphatic rings. The highest BCUT2D eigenvalue weighted by Gasteiger charge is 2.37. The van der Waals surface area contributed by atoms with Crippen molar-refractivity contribution < 1.29 is 9.59 Å². The highest BCUT2D eigenvalue weighted by molar-refractivity contribution is 6.00. The zero-order valence-corrected chi connectivity index (χ0v) is 17.3. The Morgan fingerprint density at radius 3 is 2.37 bits per heavy atom. The maximum absolute atomic E-state index is 13.1. The first kappa shape index (κ1) is 20.0. The summed E-state index contributed by atoms with van der Waals surface area (Å²) in [6.07, 6.45) is 1.16. The lowest BCUT2D eigenvalue weighted by Crippen LogP contribution is -2.40. The van der Waals surface area contributed by atoms with E-state index in [0.29, 0.717) is 25.2 Å². The van der Waals surface area contributed by atoms with Crippen molar-refractivity contribution in [3.8, 4) is 6.07 Å². The molecule has 0 saturated carbocycles. The summed E-state index contributed by atoms with van der Waals surface area (Å²) in [4.78, 5) is 31.6. The molecule has 6 heteroatoms. The average molecular weight is 402 g/mol. The monoisotopic (exact) mass is 402 g/mol. The van der Waals surface area contributed by atoms with Crippen LogP contribution < -0.4 is 9.80 Å². The van der Waals surface area contributed by atoms with Crippen molar-refractivity contribution in [3.05, 3.63) is 59.7 Å². The number of aryl methyl sites for hydroxylation is 1. The third-order valence-corrected chi connectivity index (χ3v) is 5.99. The number of anilines is 2. The Hall–Kier alpha value is -3.33. The van der Waals surface area contributed by atoms with Gasteiger partial charge in [0.05, 0.1) is 17.6 Å². The van der Waals surface area contributed by atoms with Crippen LogP contribution in [0.4, 0.5) is 11.4 Å². The van der Waals surface area contributed by atoms with Gasteiger partial charge in [-0.25, -0.2) is 0 Å². The van der Waals surface area contributed by atoms with Crippen LogP contribution >= 0.6 is 0 Å². The van der Waals surface area contributed by atoms with Gasteiger partial charge in [-0.15, -0.1) is 0 Å². The van der Waals surface area contributed by atoms with E-state index in [1.54, 1.807) is 4.90 Å². The number of rotatable bonds is 3. The molecule has 2 aromatic carbocycles. The van der Waals surface area contributed by atoms with E-state index in [1.807, 2.05) is 60.4 Å². The van der Waals surface area contributed by atoms with Crippen LogP contribution in [0.3, 0.4) is 0 Å². The van der Waals surface area contributed by atoms with Gasteiger partial charge in [0.2, 0.25) is 11.8 Å². The van der Waals surface area contributed by atoms with E-state index < -0.39 is 0 Å². The standard InChI is InChI=1S/C24H26N4O2/c1-18-3-7-22(8-4-18)28-17-20(15-23(28)29)24(30)27-12-2-11-26(13-14-27)21-9-5-19(16-25)6-10-21/h3-10,20H,2,11-15,17H2,1H3. The van der Waals surface area contributed by atoms with Crippen LogP contribution in [0, 0.1) is 24.2 Å². The Labute approximate surface area is 177 Å². The topological polar surface area (TPSA) is 67.7 Å². The van der Waals surface area contributed by atoms with Crippen molar-refractivity contribution in [2.75, 3.05) is 42.5 Å². The lowest BCUT2D eigenvalue weighted by molar-refractivity contribution is -0.135. The number of hydrogen-bond donors (Lipinski definition) is 0. The number of benzene rings is 2. The maximum Gasteiger partial charge on any atom is 0.228 e. The third kappa shape index (κ3) is 4.16. The Balaban J connectivity index is 1.38. The second kappa shape index (κ2) is 8.58. The largest absolute Gasteiger partial charge is 0.370 e. The summed E-state index contributed by atoms with van der Waals surface area (Å²) >= 11 is 0. The molecule has 0 radical (unpaired) electrons. The average Bonchev–Trinajstić information content (AvgIpc) is 2.99. The molecule has 6 nitrogen and oxygen atoms in total. The summed E-state index contributed by atoms with van der Waals surface area (Å²) < 4.78 is 0. The van der Waals surface area contributed by atoms with Crippen LogP contribution in [-0.2, 0) is 9.59 Å². The molecule has 0 bridgehead atoms. The van der Waals surface area contributed by atoms with Gasteiger partial charge in [0.25, 0.3) is 0 Å². The number of carbonyl (C=O) groups excluding carboxylic acids is 2. The van der Waals surface area contributed by atoms with Gasteiger partial charge in [0.15, 0.2) is 0 Å². The fourth-order valence-corrected chi connectivity index (χ4v) is 4.25. The van der Waals surface area contributed by atoms with Crippen LogP contribution in [0.25, 0.3) is 0 Å². The number of carbonyl (C=O) groups is 2. The van der Waals surface area contributed by atoms with E-state index in [0.717, 1.165) is 36.4 Å². The van der Waals surface area contributed by atoms with E-state index >= 15 is 0 Å². The minimum Gasteiger partial charge on any atom is -0.370 e. The number of hydrogen-bond acceptors (Lipinski definition) is 4. The van der Waals surface area contributed by atoms with Gasteiger partial charge in [-0.2, -0.15) is 5.26 Å². The molecule has 0 aliphatic carbocycles. The fourth-order valence-electron chi connectivity index (χ4n) is 4.25. The Bertz CT molecular complexity index is 962. The predicted molar refractivity (Wildman–Crippen MR) is 116 cm³/mol. The highest BCUT2D eigenvalue weighted by Crippen LogP contribution is 2.27. The van der Waals surface area contributed by atoms with Crippen molar-refractivity contribution in [1.82, 2.24) is 4.90 Å². The zero-order valence-electron chi connectivity index (χ0n) is 17.3. The summed E-state index contributed by atoms with van der Waals surface area (Å²) in [5.41, 5.74) is 3.73. The van der Waals surface area contributed by atoms with E-state index in [-0.39, 0.29) is 24.2 Å². The van der Waals surface area contributed by atoms with Crippen LogP contribution in [-0.4, -0.2) is 49.4 Å². The lowest BCUT2D eigenvalue weighted by Gasteiger charge is -2.25. The minimum atomic E-state index is -0.278. The summed E-state index contributed by atoms with van der Waals surface area (Å²) in [6, 6.07) is 17.6. The van der Waals surface area contributed by atoms with Crippen molar-refractivity contribution >= 4 is 23.2 Å². The molecule has 2 heterocycles. The van der Waals surface area contributed by atoms with Crippen molar-refractivity contribution in [2.45, 2.75) is 19.8 Å². The van der Waals surface area contributed by atoms with Gasteiger partial charge < -0.3 is 14.7 Å². The summed E-state index contributed by atoms with van der Waals surface area (Å²) in [5, 5.41) is 8.97. The van der Waals surface area contributed by atoms with Gasteiger partial charge in [-0.3, -0.25) is 9.59 Å². The fraction of sp³-hybridized carbons (Fsp3) is 0.375. The zero-order chi connectivity index (χ0) is 21.1. The van der Waals surface area contributed by atoms with E-state index in [1.165, 1.54) is 0 Å². The van der Waals surface area contributed by atoms with E-state index in [9.17, 15) is 9.59 Å². The van der Waals surface area contributed by atoms with Crippen LogP contribution in [0.5, 0.6) is 0 Å². The second-order valence-electron chi connectivity index (χ2n) is 8.07. The molecule has 2 aliphatic heterocycles. The molecule has 0 spiro atoms. The smallest absolute Gasteiger partial charge is 0.228 e. The first-order valence-corrected chi connectivity index (χ1v) is 10.5. The minimum absolute atomic E-state index is 0.0197. The van der Waals surface area contributed by atoms with Gasteiger partial charge in [-0.05, 0) is 49.7 Å². The van der Waals surface area contributed by atoms with Crippen LogP contribution in [0.1, 0.15) is 24.0 Å². The molecule has 30 heavy (non-hydrogen) atoms. The third-order valence-electron chi connectivity index (χ3n) is 5.99. The quantitative estimate of drug-likeness (QED) is 0.792. The van der Waals surface area contributed by atoms with Gasteiger partial charge in [0.1, 0.15) is 0 Å². The molecule has 2 aromatic rings. The maximum atomic E-state index is 13.1. The molecular weight excluding hydrogens is 376 g/mol. The lowest BCUT2D eigenvalue weighted by atomic mass is 10.1. The van der Waals surface area contributed by atoms with E-state index in [2.05, 4.69) is 11.0 Å². The van der Waals surface area contributed by atoms with Crippen LogP contribution in [0.15, 0.2) is 48.5 Å². The second-order valence-corrected chi connectivity index (χ2v) is 8.07. The molecule has 0 N–H and O–H groups in total. The molecule has 2 fully saturated rings. The predicted octanol–water partition coefficient (Wildman–Crippen LogP) is 2.96. The van der Waals surface area contributed by atoms with Crippen molar-refractivity contribution in [2.24, 2.45) is 5.92 Å². The van der Waals surface area contributed by atoms with E-state index in [4.69, 9.17) is 5.26 Å². The van der Waals surface area contributed by atoms with Crippen molar-refractivity contribution in [1.29, 1.82) is 5.26 Å². The van der Waals surface area contributed by atoms with Crippen molar-refractivity contribution in [3.63, 3.8) is 0 Å². The first-order valence-electron chi connectivity index (χ1n) is 10.5. The number of amides is 2. The number of nitrogens with zero attached hydrogens (tertiary/aromatic N) is 4. The number of nitriles is 1. The SMILES string of the molecule is Cc1ccc(N2CC(C(=O)N3CCCN(c4ccc(C#N)cc4)CC3)CC2=O)cc1. The summed E-state index contributed by atoms with van der Waals surface area (Å²) in [6.45, 7) is 5.45. The highest BCUT2D eigenvalue weighted by atomic mass is 16.2. The molecular formula is C24H26N4O2. The van der Waals surface area contributed by atoms with Crippen LogP contribution in [0.2, 0.25) is 0 Å². The molecule has 4 rings (SSSR count). The summed E-state index contributed by atoms with van der Waals surface area (Å²) in [7, 11) is 0. The Kier molecular flexibility index (Phi) is 5.71. The normalized spacial score (nSPS) is 19.5. The molecule has 1 atom stereocenters.